The fraction of sp³-hybridized carbons (Fsp3) is 0.267. The van der Waals surface area contributed by atoms with Crippen LogP contribution >= 0.6 is 34.5 Å². The summed E-state index contributed by atoms with van der Waals surface area (Å²) in [6.45, 7) is 0. The maximum absolute atomic E-state index is 12.5. The lowest BCUT2D eigenvalue weighted by atomic mass is 10.1. The first kappa shape index (κ1) is 13.4. The lowest BCUT2D eigenvalue weighted by molar-refractivity contribution is 0.0935. The highest BCUT2D eigenvalue weighted by molar-refractivity contribution is 7.16. The Kier molecular flexibility index (Phi) is 3.14. The molecule has 108 valence electrons. The molecular formula is C15H12Cl2N2OS. The Morgan fingerprint density at radius 1 is 1.14 bits per heavy atom. The average molecular weight is 339 g/mol. The van der Waals surface area contributed by atoms with E-state index in [1.807, 2.05) is 0 Å². The van der Waals surface area contributed by atoms with Gasteiger partial charge in [-0.1, -0.05) is 29.3 Å². The van der Waals surface area contributed by atoms with Crippen LogP contribution < -0.4 is 10.6 Å². The number of rotatable bonds is 1. The Morgan fingerprint density at radius 2 is 1.90 bits per heavy atom. The number of carbonyl (C=O) groups excluding carboxylic acids is 1. The number of aryl methyl sites for hydroxylation is 1. The van der Waals surface area contributed by atoms with Gasteiger partial charge in [-0.05, 0) is 37.0 Å². The number of nitrogens with one attached hydrogen (secondary N) is 2. The van der Waals surface area contributed by atoms with E-state index in [0.29, 0.717) is 15.6 Å². The summed E-state index contributed by atoms with van der Waals surface area (Å²) in [6, 6.07) is 5.35. The Labute approximate surface area is 136 Å². The highest BCUT2D eigenvalue weighted by Gasteiger charge is 2.33. The zero-order valence-corrected chi connectivity index (χ0v) is 13.3. The van der Waals surface area contributed by atoms with Gasteiger partial charge in [-0.15, -0.1) is 11.3 Å². The third-order valence-corrected chi connectivity index (χ3v) is 5.87. The van der Waals surface area contributed by atoms with E-state index in [0.717, 1.165) is 29.8 Å². The summed E-state index contributed by atoms with van der Waals surface area (Å²) < 4.78 is 0. The minimum Gasteiger partial charge on any atom is -0.353 e. The molecule has 2 aliphatic rings. The molecule has 0 saturated heterocycles. The molecule has 2 heterocycles. The standard InChI is InChI=1S/C15H12Cl2N2OS/c16-8-4-2-5-9(17)12(8)13-18-14(20)11-7-3-1-6-10(7)21-15(11)19-13/h2,4-5,13,19H,1,3,6H2,(H,18,20)/t13-/m0/s1. The Hall–Kier alpha value is -1.23. The predicted molar refractivity (Wildman–Crippen MR) is 86.6 cm³/mol. The molecular weight excluding hydrogens is 327 g/mol. The number of halogens is 2. The van der Waals surface area contributed by atoms with E-state index in [9.17, 15) is 4.79 Å². The molecule has 0 saturated carbocycles. The van der Waals surface area contributed by atoms with Crippen LogP contribution in [0.25, 0.3) is 0 Å². The van der Waals surface area contributed by atoms with Crippen LogP contribution in [-0.2, 0) is 12.8 Å². The zero-order valence-electron chi connectivity index (χ0n) is 11.0. The molecule has 1 aliphatic carbocycles. The van der Waals surface area contributed by atoms with E-state index in [4.69, 9.17) is 23.2 Å². The van der Waals surface area contributed by atoms with Crippen LogP contribution in [0.2, 0.25) is 10.0 Å². The largest absolute Gasteiger partial charge is 0.353 e. The number of amides is 1. The molecule has 21 heavy (non-hydrogen) atoms. The van der Waals surface area contributed by atoms with Crippen molar-refractivity contribution in [3.8, 4) is 0 Å². The van der Waals surface area contributed by atoms with E-state index >= 15 is 0 Å². The first-order chi connectivity index (χ1) is 10.1. The molecule has 0 unspecified atom stereocenters. The predicted octanol–water partition coefficient (Wildman–Crippen LogP) is 4.40. The van der Waals surface area contributed by atoms with Gasteiger partial charge in [0.25, 0.3) is 5.91 Å². The number of hydrogen-bond donors (Lipinski definition) is 2. The number of carbonyl (C=O) groups is 1. The first-order valence-corrected chi connectivity index (χ1v) is 8.38. The minimum absolute atomic E-state index is 0.0378. The molecule has 1 aromatic heterocycles. The van der Waals surface area contributed by atoms with Crippen molar-refractivity contribution in [2.24, 2.45) is 0 Å². The lowest BCUT2D eigenvalue weighted by Gasteiger charge is -2.27. The van der Waals surface area contributed by atoms with Crippen LogP contribution in [-0.4, -0.2) is 5.91 Å². The van der Waals surface area contributed by atoms with Crippen LogP contribution in [0.1, 0.15) is 38.9 Å². The monoisotopic (exact) mass is 338 g/mol. The normalized spacial score (nSPS) is 19.7. The highest BCUT2D eigenvalue weighted by atomic mass is 35.5. The van der Waals surface area contributed by atoms with Gasteiger partial charge in [0, 0.05) is 20.5 Å². The number of hydrogen-bond acceptors (Lipinski definition) is 3. The first-order valence-electron chi connectivity index (χ1n) is 6.81. The van der Waals surface area contributed by atoms with Crippen LogP contribution in [0.3, 0.4) is 0 Å². The molecule has 2 N–H and O–H groups in total. The Morgan fingerprint density at radius 3 is 2.67 bits per heavy atom. The van der Waals surface area contributed by atoms with E-state index in [2.05, 4.69) is 10.6 Å². The van der Waals surface area contributed by atoms with Crippen LogP contribution in [0, 0.1) is 0 Å². The molecule has 0 bridgehead atoms. The zero-order chi connectivity index (χ0) is 14.6. The molecule has 1 aliphatic heterocycles. The van der Waals surface area contributed by atoms with Crippen LogP contribution in [0.4, 0.5) is 5.00 Å². The molecule has 3 nitrogen and oxygen atoms in total. The average Bonchev–Trinajstić information content (AvgIpc) is 2.98. The Balaban J connectivity index is 1.77. The van der Waals surface area contributed by atoms with Gasteiger partial charge < -0.3 is 10.6 Å². The quantitative estimate of drug-likeness (QED) is 0.809. The second kappa shape index (κ2) is 4.90. The molecule has 0 fully saturated rings. The third-order valence-electron chi connectivity index (χ3n) is 3.99. The van der Waals surface area contributed by atoms with Gasteiger partial charge in [-0.25, -0.2) is 0 Å². The van der Waals surface area contributed by atoms with Crippen molar-refractivity contribution in [3.63, 3.8) is 0 Å². The van der Waals surface area contributed by atoms with Crippen LogP contribution in [0.5, 0.6) is 0 Å². The Bertz CT molecular complexity index is 736. The summed E-state index contributed by atoms with van der Waals surface area (Å²) in [4.78, 5) is 13.8. The molecule has 2 aromatic rings. The fourth-order valence-electron chi connectivity index (χ4n) is 3.05. The topological polar surface area (TPSA) is 41.1 Å². The number of anilines is 1. The lowest BCUT2D eigenvalue weighted by Crippen LogP contribution is -2.38. The number of fused-ring (bicyclic) bond motifs is 3. The third kappa shape index (κ3) is 2.05. The van der Waals surface area contributed by atoms with Crippen molar-refractivity contribution < 1.29 is 4.79 Å². The van der Waals surface area contributed by atoms with Crippen molar-refractivity contribution in [2.75, 3.05) is 5.32 Å². The summed E-state index contributed by atoms with van der Waals surface area (Å²) >= 11 is 14.2. The van der Waals surface area contributed by atoms with Gasteiger partial charge in [0.2, 0.25) is 0 Å². The van der Waals surface area contributed by atoms with E-state index < -0.39 is 0 Å². The molecule has 1 amide bonds. The van der Waals surface area contributed by atoms with Crippen molar-refractivity contribution in [1.29, 1.82) is 0 Å². The second-order valence-corrected chi connectivity index (χ2v) is 7.17. The fourth-order valence-corrected chi connectivity index (χ4v) is 4.98. The number of thiophene rings is 1. The van der Waals surface area contributed by atoms with Crippen molar-refractivity contribution in [3.05, 3.63) is 49.8 Å². The minimum atomic E-state index is -0.384. The van der Waals surface area contributed by atoms with Crippen molar-refractivity contribution in [2.45, 2.75) is 25.4 Å². The molecule has 0 spiro atoms. The summed E-state index contributed by atoms with van der Waals surface area (Å²) in [5, 5.41) is 8.38. The van der Waals surface area contributed by atoms with Gasteiger partial charge in [0.1, 0.15) is 11.2 Å². The highest BCUT2D eigenvalue weighted by Crippen LogP contribution is 2.43. The molecule has 1 atom stereocenters. The van der Waals surface area contributed by atoms with Gasteiger partial charge in [-0.2, -0.15) is 0 Å². The smallest absolute Gasteiger partial charge is 0.256 e. The maximum Gasteiger partial charge on any atom is 0.256 e. The number of benzene rings is 1. The maximum atomic E-state index is 12.5. The second-order valence-electron chi connectivity index (χ2n) is 5.25. The van der Waals surface area contributed by atoms with E-state index in [1.165, 1.54) is 10.4 Å². The summed E-state index contributed by atoms with van der Waals surface area (Å²) in [5.74, 6) is -0.0378. The summed E-state index contributed by atoms with van der Waals surface area (Å²) in [7, 11) is 0. The van der Waals surface area contributed by atoms with Gasteiger partial charge in [0.05, 0.1) is 5.56 Å². The van der Waals surface area contributed by atoms with Crippen molar-refractivity contribution in [1.82, 2.24) is 5.32 Å². The van der Waals surface area contributed by atoms with Gasteiger partial charge in [0.15, 0.2) is 0 Å². The molecule has 6 heteroatoms. The van der Waals surface area contributed by atoms with Gasteiger partial charge in [-0.3, -0.25) is 4.79 Å². The van der Waals surface area contributed by atoms with E-state index in [-0.39, 0.29) is 12.1 Å². The molecule has 0 radical (unpaired) electrons. The molecule has 1 aromatic carbocycles. The SMILES string of the molecule is O=C1N[C@H](c2c(Cl)cccc2Cl)Nc2sc3c(c21)CCC3. The summed E-state index contributed by atoms with van der Waals surface area (Å²) in [5.41, 5.74) is 2.74. The van der Waals surface area contributed by atoms with Crippen LogP contribution in [0.15, 0.2) is 18.2 Å². The van der Waals surface area contributed by atoms with E-state index in [1.54, 1.807) is 29.5 Å². The van der Waals surface area contributed by atoms with Gasteiger partial charge >= 0.3 is 0 Å². The summed E-state index contributed by atoms with van der Waals surface area (Å²) in [6.07, 6.45) is 2.82. The molecule has 4 rings (SSSR count). The van der Waals surface area contributed by atoms with Crippen molar-refractivity contribution >= 4 is 45.4 Å².